The summed E-state index contributed by atoms with van der Waals surface area (Å²) in [6.07, 6.45) is 4.82. The molecule has 0 unspecified atom stereocenters. The SMILES string of the molecule is CCCCCCC(=O)NC(=S)Nc1cc(Cl)ccc1C. The van der Waals surface area contributed by atoms with Gasteiger partial charge in [-0.15, -0.1) is 0 Å². The van der Waals surface area contributed by atoms with E-state index in [1.54, 1.807) is 6.07 Å². The molecule has 0 atom stereocenters. The summed E-state index contributed by atoms with van der Waals surface area (Å²) >= 11 is 11.1. The predicted molar refractivity (Wildman–Crippen MR) is 89.3 cm³/mol. The van der Waals surface area contributed by atoms with Crippen molar-refractivity contribution in [1.29, 1.82) is 0 Å². The first-order valence-corrected chi connectivity index (χ1v) is 7.68. The second-order valence-electron chi connectivity index (χ2n) is 4.77. The number of halogens is 1. The maximum Gasteiger partial charge on any atom is 0.226 e. The van der Waals surface area contributed by atoms with Crippen molar-refractivity contribution in [2.24, 2.45) is 0 Å². The van der Waals surface area contributed by atoms with Gasteiger partial charge in [-0.2, -0.15) is 0 Å². The summed E-state index contributed by atoms with van der Waals surface area (Å²) in [4.78, 5) is 11.7. The molecule has 0 heterocycles. The molecule has 3 nitrogen and oxygen atoms in total. The predicted octanol–water partition coefficient (Wildman–Crippen LogP) is 4.43. The molecular formula is C15H21ClN2OS. The van der Waals surface area contributed by atoms with Gasteiger partial charge >= 0.3 is 0 Å². The Labute approximate surface area is 131 Å². The molecule has 20 heavy (non-hydrogen) atoms. The molecule has 1 aromatic carbocycles. The molecular weight excluding hydrogens is 292 g/mol. The fourth-order valence-corrected chi connectivity index (χ4v) is 2.18. The Morgan fingerprint density at radius 3 is 2.75 bits per heavy atom. The smallest absolute Gasteiger partial charge is 0.226 e. The maximum atomic E-state index is 11.7. The molecule has 0 saturated carbocycles. The van der Waals surface area contributed by atoms with Gasteiger partial charge in [-0.05, 0) is 43.3 Å². The van der Waals surface area contributed by atoms with E-state index in [0.717, 1.165) is 36.9 Å². The van der Waals surface area contributed by atoms with E-state index < -0.39 is 0 Å². The first-order valence-electron chi connectivity index (χ1n) is 6.90. The Morgan fingerprint density at radius 2 is 2.05 bits per heavy atom. The molecule has 0 aliphatic rings. The molecule has 0 radical (unpaired) electrons. The number of aryl methyl sites for hydroxylation is 1. The topological polar surface area (TPSA) is 41.1 Å². The van der Waals surface area contributed by atoms with E-state index in [4.69, 9.17) is 23.8 Å². The number of hydrogen-bond donors (Lipinski definition) is 2. The minimum absolute atomic E-state index is 0.0433. The van der Waals surface area contributed by atoms with Crippen LogP contribution in [-0.4, -0.2) is 11.0 Å². The van der Waals surface area contributed by atoms with Crippen LogP contribution in [-0.2, 0) is 4.79 Å². The highest BCUT2D eigenvalue weighted by atomic mass is 35.5. The van der Waals surface area contributed by atoms with Crippen molar-refractivity contribution in [2.45, 2.75) is 46.0 Å². The summed E-state index contributed by atoms with van der Waals surface area (Å²) in [5.74, 6) is -0.0433. The van der Waals surface area contributed by atoms with Gasteiger partial charge in [0.2, 0.25) is 5.91 Å². The molecule has 0 spiro atoms. The lowest BCUT2D eigenvalue weighted by Crippen LogP contribution is -2.34. The Bertz CT molecular complexity index is 477. The van der Waals surface area contributed by atoms with Crippen molar-refractivity contribution in [3.8, 4) is 0 Å². The van der Waals surface area contributed by atoms with Gasteiger partial charge < -0.3 is 10.6 Å². The summed E-state index contributed by atoms with van der Waals surface area (Å²) in [6.45, 7) is 4.10. The van der Waals surface area contributed by atoms with Crippen molar-refractivity contribution in [3.63, 3.8) is 0 Å². The number of anilines is 1. The Hall–Kier alpha value is -1.13. The van der Waals surface area contributed by atoms with E-state index in [-0.39, 0.29) is 5.91 Å². The van der Waals surface area contributed by atoms with Gasteiger partial charge in [0.05, 0.1) is 0 Å². The van der Waals surface area contributed by atoms with E-state index in [1.165, 1.54) is 0 Å². The van der Waals surface area contributed by atoms with Gasteiger partial charge in [0.15, 0.2) is 5.11 Å². The van der Waals surface area contributed by atoms with Crippen LogP contribution in [0.3, 0.4) is 0 Å². The summed E-state index contributed by atoms with van der Waals surface area (Å²) < 4.78 is 0. The van der Waals surface area contributed by atoms with Crippen LogP contribution in [0.4, 0.5) is 5.69 Å². The van der Waals surface area contributed by atoms with Crippen LogP contribution in [0.2, 0.25) is 5.02 Å². The zero-order chi connectivity index (χ0) is 15.0. The van der Waals surface area contributed by atoms with E-state index in [9.17, 15) is 4.79 Å². The summed E-state index contributed by atoms with van der Waals surface area (Å²) in [5, 5.41) is 6.64. The molecule has 0 aromatic heterocycles. The van der Waals surface area contributed by atoms with Crippen LogP contribution in [0.5, 0.6) is 0 Å². The summed E-state index contributed by atoms with van der Waals surface area (Å²) in [7, 11) is 0. The third kappa shape index (κ3) is 6.35. The highest BCUT2D eigenvalue weighted by Crippen LogP contribution is 2.19. The first-order chi connectivity index (χ1) is 9.52. The third-order valence-electron chi connectivity index (χ3n) is 2.96. The van der Waals surface area contributed by atoms with E-state index >= 15 is 0 Å². The molecule has 0 aliphatic heterocycles. The number of carbonyl (C=O) groups excluding carboxylic acids is 1. The molecule has 0 aliphatic carbocycles. The van der Waals surface area contributed by atoms with Crippen molar-refractivity contribution >= 4 is 40.5 Å². The molecule has 1 rings (SSSR count). The number of benzene rings is 1. The van der Waals surface area contributed by atoms with Gasteiger partial charge in [-0.1, -0.05) is 43.9 Å². The largest absolute Gasteiger partial charge is 0.332 e. The molecule has 1 aromatic rings. The number of unbranched alkanes of at least 4 members (excludes halogenated alkanes) is 3. The monoisotopic (exact) mass is 312 g/mol. The lowest BCUT2D eigenvalue weighted by Gasteiger charge is -2.12. The fraction of sp³-hybridized carbons (Fsp3) is 0.467. The van der Waals surface area contributed by atoms with Gasteiger partial charge in [0, 0.05) is 17.1 Å². The van der Waals surface area contributed by atoms with Crippen molar-refractivity contribution in [3.05, 3.63) is 28.8 Å². The van der Waals surface area contributed by atoms with Crippen LogP contribution >= 0.6 is 23.8 Å². The van der Waals surface area contributed by atoms with Gasteiger partial charge in [-0.25, -0.2) is 0 Å². The van der Waals surface area contributed by atoms with Crippen LogP contribution < -0.4 is 10.6 Å². The van der Waals surface area contributed by atoms with Gasteiger partial charge in [0.1, 0.15) is 0 Å². The maximum absolute atomic E-state index is 11.7. The number of rotatable bonds is 6. The normalized spacial score (nSPS) is 10.2. The Balaban J connectivity index is 2.39. The lowest BCUT2D eigenvalue weighted by molar-refractivity contribution is -0.119. The third-order valence-corrected chi connectivity index (χ3v) is 3.40. The minimum atomic E-state index is -0.0433. The van der Waals surface area contributed by atoms with Gasteiger partial charge in [0.25, 0.3) is 0 Å². The minimum Gasteiger partial charge on any atom is -0.332 e. The Morgan fingerprint density at radius 1 is 1.30 bits per heavy atom. The number of nitrogens with one attached hydrogen (secondary N) is 2. The second-order valence-corrected chi connectivity index (χ2v) is 5.62. The highest BCUT2D eigenvalue weighted by Gasteiger charge is 2.06. The van der Waals surface area contributed by atoms with Crippen LogP contribution in [0.1, 0.15) is 44.6 Å². The quantitative estimate of drug-likeness (QED) is 0.603. The van der Waals surface area contributed by atoms with Crippen molar-refractivity contribution in [1.82, 2.24) is 5.32 Å². The molecule has 0 bridgehead atoms. The highest BCUT2D eigenvalue weighted by molar-refractivity contribution is 7.80. The van der Waals surface area contributed by atoms with Crippen LogP contribution in [0.25, 0.3) is 0 Å². The van der Waals surface area contributed by atoms with E-state index in [2.05, 4.69) is 17.6 Å². The standard InChI is InChI=1S/C15H21ClN2OS/c1-3-4-5-6-7-14(19)18-15(20)17-13-10-12(16)9-8-11(13)2/h8-10H,3-7H2,1-2H3,(H2,17,18,19,20). The fourth-order valence-electron chi connectivity index (χ4n) is 1.78. The molecule has 0 saturated heterocycles. The molecule has 2 N–H and O–H groups in total. The molecule has 110 valence electrons. The van der Waals surface area contributed by atoms with Crippen LogP contribution in [0, 0.1) is 6.92 Å². The first kappa shape index (κ1) is 16.9. The number of hydrogen-bond acceptors (Lipinski definition) is 2. The lowest BCUT2D eigenvalue weighted by atomic mass is 10.1. The molecule has 5 heteroatoms. The average Bonchev–Trinajstić information content (AvgIpc) is 2.39. The second kappa shape index (κ2) is 8.93. The van der Waals surface area contributed by atoms with E-state index in [1.807, 2.05) is 19.1 Å². The number of carbonyl (C=O) groups is 1. The van der Waals surface area contributed by atoms with Crippen LogP contribution in [0.15, 0.2) is 18.2 Å². The summed E-state index contributed by atoms with van der Waals surface area (Å²) in [6, 6.07) is 5.51. The van der Waals surface area contributed by atoms with Gasteiger partial charge in [-0.3, -0.25) is 4.79 Å². The number of thiocarbonyl (C=S) groups is 1. The Kier molecular flexibility index (Phi) is 7.55. The number of amides is 1. The summed E-state index contributed by atoms with van der Waals surface area (Å²) in [5.41, 5.74) is 1.84. The van der Waals surface area contributed by atoms with Crippen molar-refractivity contribution < 1.29 is 4.79 Å². The zero-order valence-electron chi connectivity index (χ0n) is 12.0. The van der Waals surface area contributed by atoms with E-state index in [0.29, 0.717) is 16.6 Å². The van der Waals surface area contributed by atoms with Crippen molar-refractivity contribution in [2.75, 3.05) is 5.32 Å². The molecule has 0 fully saturated rings. The zero-order valence-corrected chi connectivity index (χ0v) is 13.5. The molecule has 1 amide bonds. The average molecular weight is 313 g/mol.